The summed E-state index contributed by atoms with van der Waals surface area (Å²) in [6.45, 7) is 6.64. The lowest BCUT2D eigenvalue weighted by Crippen LogP contribution is -2.30. The summed E-state index contributed by atoms with van der Waals surface area (Å²) in [4.78, 5) is 38.1. The fourth-order valence-electron chi connectivity index (χ4n) is 8.70. The first kappa shape index (κ1) is 64.6. The van der Waals surface area contributed by atoms with Gasteiger partial charge in [-0.1, -0.05) is 282 Å². The Morgan fingerprint density at radius 3 is 0.896 bits per heavy atom. The zero-order valence-electron chi connectivity index (χ0n) is 44.9. The molecule has 0 saturated carbocycles. The summed E-state index contributed by atoms with van der Waals surface area (Å²) < 4.78 is 16.8. The van der Waals surface area contributed by atoms with Crippen molar-refractivity contribution in [1.29, 1.82) is 0 Å². The molecule has 6 heteroatoms. The van der Waals surface area contributed by atoms with Gasteiger partial charge in [0.25, 0.3) is 0 Å². The summed E-state index contributed by atoms with van der Waals surface area (Å²) in [7, 11) is 0. The molecule has 392 valence electrons. The molecule has 67 heavy (non-hydrogen) atoms. The molecule has 0 heterocycles. The van der Waals surface area contributed by atoms with Crippen LogP contribution in [-0.2, 0) is 28.6 Å². The first-order valence-corrected chi connectivity index (χ1v) is 29.5. The molecule has 0 rings (SSSR count). The van der Waals surface area contributed by atoms with Crippen LogP contribution in [0.3, 0.4) is 0 Å². The number of ether oxygens (including phenoxy) is 3. The van der Waals surface area contributed by atoms with E-state index in [4.69, 9.17) is 14.2 Å². The normalized spacial score (nSPS) is 12.2. The predicted molar refractivity (Wildman–Crippen MR) is 289 cm³/mol. The molecular weight excluding hydrogens is 829 g/mol. The van der Waals surface area contributed by atoms with Crippen molar-refractivity contribution in [1.82, 2.24) is 0 Å². The number of esters is 3. The van der Waals surface area contributed by atoms with Gasteiger partial charge in [0.2, 0.25) is 0 Å². The minimum atomic E-state index is -0.788. The van der Waals surface area contributed by atoms with Crippen LogP contribution in [-0.4, -0.2) is 37.2 Å². The van der Waals surface area contributed by atoms with E-state index in [1.807, 2.05) is 0 Å². The lowest BCUT2D eigenvalue weighted by molar-refractivity contribution is -0.167. The number of unbranched alkanes of at least 4 members (excludes halogenated alkanes) is 37. The molecule has 0 aromatic carbocycles. The van der Waals surface area contributed by atoms with E-state index in [9.17, 15) is 14.4 Å². The molecule has 0 bridgehead atoms. The molecule has 0 saturated heterocycles. The maximum absolute atomic E-state index is 12.9. The first-order chi connectivity index (χ1) is 33.0. The molecular formula is C61H112O6. The van der Waals surface area contributed by atoms with Crippen LogP contribution < -0.4 is 0 Å². The van der Waals surface area contributed by atoms with Crippen molar-refractivity contribution < 1.29 is 28.6 Å². The third kappa shape index (κ3) is 54.4. The fourth-order valence-corrected chi connectivity index (χ4v) is 8.70. The van der Waals surface area contributed by atoms with Gasteiger partial charge in [-0.2, -0.15) is 0 Å². The molecule has 0 radical (unpaired) electrons. The van der Waals surface area contributed by atoms with E-state index in [0.717, 1.165) is 57.8 Å². The highest BCUT2D eigenvalue weighted by Crippen LogP contribution is 2.17. The molecule has 0 amide bonds. The number of carbonyl (C=O) groups excluding carboxylic acids is 3. The van der Waals surface area contributed by atoms with Gasteiger partial charge in [-0.25, -0.2) is 0 Å². The Morgan fingerprint density at radius 1 is 0.299 bits per heavy atom. The Kier molecular flexibility index (Phi) is 54.2. The highest BCUT2D eigenvalue weighted by Gasteiger charge is 2.19. The summed E-state index contributed by atoms with van der Waals surface area (Å²) in [6, 6.07) is 0. The van der Waals surface area contributed by atoms with Crippen LogP contribution in [0.4, 0.5) is 0 Å². The van der Waals surface area contributed by atoms with Crippen LogP contribution in [0.1, 0.15) is 316 Å². The maximum Gasteiger partial charge on any atom is 0.306 e. The highest BCUT2D eigenvalue weighted by molar-refractivity contribution is 5.71. The molecule has 0 aliphatic rings. The molecule has 0 aliphatic carbocycles. The number of allylic oxidation sites excluding steroid dienone is 6. The SMILES string of the molecule is CCCCCCCC/C=C\C/C=C\C/C=C\CCCC(=O)OC[C@H](COC(=O)CCCCCCCCCCCCCCCCC)OC(=O)CCCCCCCCCCCCCCCCCCC. The predicted octanol–water partition coefficient (Wildman–Crippen LogP) is 19.7. The molecule has 0 aliphatic heterocycles. The first-order valence-electron chi connectivity index (χ1n) is 29.5. The minimum absolute atomic E-state index is 0.0825. The highest BCUT2D eigenvalue weighted by atomic mass is 16.6. The van der Waals surface area contributed by atoms with Crippen molar-refractivity contribution >= 4 is 17.9 Å². The van der Waals surface area contributed by atoms with Crippen molar-refractivity contribution in [3.63, 3.8) is 0 Å². The van der Waals surface area contributed by atoms with Crippen LogP contribution in [0.5, 0.6) is 0 Å². The Hall–Kier alpha value is -2.37. The van der Waals surface area contributed by atoms with Crippen molar-refractivity contribution in [2.75, 3.05) is 13.2 Å². The number of hydrogen-bond donors (Lipinski definition) is 0. The topological polar surface area (TPSA) is 78.9 Å². The number of rotatable bonds is 54. The van der Waals surface area contributed by atoms with Gasteiger partial charge in [-0.15, -0.1) is 0 Å². The van der Waals surface area contributed by atoms with E-state index in [0.29, 0.717) is 25.7 Å². The van der Waals surface area contributed by atoms with Gasteiger partial charge in [0.05, 0.1) is 0 Å². The Labute approximate surface area is 416 Å². The van der Waals surface area contributed by atoms with Gasteiger partial charge >= 0.3 is 17.9 Å². The quantitative estimate of drug-likeness (QED) is 0.0262. The van der Waals surface area contributed by atoms with Crippen molar-refractivity contribution in [3.05, 3.63) is 36.5 Å². The summed E-state index contributed by atoms with van der Waals surface area (Å²) in [5.41, 5.74) is 0. The summed E-state index contributed by atoms with van der Waals surface area (Å²) in [5.74, 6) is -0.917. The van der Waals surface area contributed by atoms with Crippen LogP contribution in [0.25, 0.3) is 0 Å². The maximum atomic E-state index is 12.9. The third-order valence-corrected chi connectivity index (χ3v) is 13.1. The Bertz CT molecular complexity index is 1130. The second-order valence-electron chi connectivity index (χ2n) is 19.9. The van der Waals surface area contributed by atoms with Gasteiger partial charge in [0.1, 0.15) is 13.2 Å². The second kappa shape index (κ2) is 56.2. The summed E-state index contributed by atoms with van der Waals surface area (Å²) in [5, 5.41) is 0. The average Bonchev–Trinajstić information content (AvgIpc) is 3.33. The molecule has 0 unspecified atom stereocenters. The lowest BCUT2D eigenvalue weighted by atomic mass is 10.0. The zero-order valence-corrected chi connectivity index (χ0v) is 44.9. The molecule has 0 N–H and O–H groups in total. The van der Waals surface area contributed by atoms with E-state index in [1.54, 1.807) is 0 Å². The fraction of sp³-hybridized carbons (Fsp3) is 0.852. The smallest absolute Gasteiger partial charge is 0.306 e. The van der Waals surface area contributed by atoms with Crippen LogP contribution in [0, 0.1) is 0 Å². The van der Waals surface area contributed by atoms with Crippen LogP contribution >= 0.6 is 0 Å². The lowest BCUT2D eigenvalue weighted by Gasteiger charge is -2.18. The Morgan fingerprint density at radius 2 is 0.552 bits per heavy atom. The van der Waals surface area contributed by atoms with E-state index >= 15 is 0 Å². The molecule has 0 aromatic heterocycles. The molecule has 0 spiro atoms. The molecule has 6 nitrogen and oxygen atoms in total. The summed E-state index contributed by atoms with van der Waals surface area (Å²) in [6.07, 6.45) is 67.1. The largest absolute Gasteiger partial charge is 0.462 e. The summed E-state index contributed by atoms with van der Waals surface area (Å²) >= 11 is 0. The van der Waals surface area contributed by atoms with E-state index in [1.165, 1.54) is 212 Å². The monoisotopic (exact) mass is 941 g/mol. The van der Waals surface area contributed by atoms with Crippen molar-refractivity contribution in [2.24, 2.45) is 0 Å². The standard InChI is InChI=1S/C61H112O6/c1-4-7-10-13-16-19-22-25-28-30-33-36-39-42-45-48-51-54-60(63)66-57-58(56-65-59(62)53-50-47-44-41-38-35-32-27-24-21-18-15-12-9-6-3)67-61(64)55-52-49-46-43-40-37-34-31-29-26-23-20-17-14-11-8-5-2/h25,28,33,36,42,45,58H,4-24,26-27,29-32,34-35,37-41,43-44,46-57H2,1-3H3/b28-25-,36-33-,45-42-/t58-/m0/s1. The van der Waals surface area contributed by atoms with Gasteiger partial charge in [0.15, 0.2) is 6.10 Å². The average molecular weight is 942 g/mol. The number of hydrogen-bond acceptors (Lipinski definition) is 6. The minimum Gasteiger partial charge on any atom is -0.462 e. The van der Waals surface area contributed by atoms with Crippen molar-refractivity contribution in [3.8, 4) is 0 Å². The zero-order chi connectivity index (χ0) is 48.6. The van der Waals surface area contributed by atoms with Crippen molar-refractivity contribution in [2.45, 2.75) is 322 Å². The van der Waals surface area contributed by atoms with Gasteiger partial charge < -0.3 is 14.2 Å². The Balaban J connectivity index is 4.40. The van der Waals surface area contributed by atoms with E-state index < -0.39 is 6.10 Å². The van der Waals surface area contributed by atoms with Gasteiger partial charge in [-0.05, 0) is 51.4 Å². The van der Waals surface area contributed by atoms with E-state index in [2.05, 4.69) is 57.2 Å². The molecule has 0 aromatic rings. The second-order valence-corrected chi connectivity index (χ2v) is 19.9. The van der Waals surface area contributed by atoms with Crippen LogP contribution in [0.15, 0.2) is 36.5 Å². The third-order valence-electron chi connectivity index (χ3n) is 13.1. The van der Waals surface area contributed by atoms with Gasteiger partial charge in [0, 0.05) is 19.3 Å². The molecule has 1 atom stereocenters. The van der Waals surface area contributed by atoms with Gasteiger partial charge in [-0.3, -0.25) is 14.4 Å². The van der Waals surface area contributed by atoms with Crippen LogP contribution in [0.2, 0.25) is 0 Å². The molecule has 0 fully saturated rings. The van der Waals surface area contributed by atoms with E-state index in [-0.39, 0.29) is 31.1 Å². The number of carbonyl (C=O) groups is 3.